The zero-order chi connectivity index (χ0) is 51.3. The van der Waals surface area contributed by atoms with Gasteiger partial charge in [-0.2, -0.15) is 0 Å². The van der Waals surface area contributed by atoms with Crippen molar-refractivity contribution in [3.05, 3.63) is 103 Å². The predicted molar refractivity (Wildman–Crippen MR) is 283 cm³/mol. The van der Waals surface area contributed by atoms with Crippen LogP contribution in [0.4, 0.5) is 0 Å². The van der Waals surface area contributed by atoms with E-state index in [0.717, 1.165) is 88.3 Å². The third-order valence-corrected chi connectivity index (χ3v) is 13.8. The number of allylic oxidation sites excluding steroid dienone is 1. The molecule has 2 N–H and O–H groups in total. The molecule has 4 heterocycles. The summed E-state index contributed by atoms with van der Waals surface area (Å²) in [6, 6.07) is 17.5. The minimum atomic E-state index is -0.766. The maximum atomic E-state index is 14.0. The summed E-state index contributed by atoms with van der Waals surface area (Å²) in [4.78, 5) is 49.9. The van der Waals surface area contributed by atoms with E-state index < -0.39 is 12.1 Å². The van der Waals surface area contributed by atoms with Crippen molar-refractivity contribution < 1.29 is 23.9 Å². The van der Waals surface area contributed by atoms with Gasteiger partial charge in [-0.3, -0.25) is 29.3 Å². The number of carbonyl (C=O) groups excluding carboxylic acids is 3. The van der Waals surface area contributed by atoms with Crippen molar-refractivity contribution in [1.29, 1.82) is 0 Å². The van der Waals surface area contributed by atoms with E-state index in [0.29, 0.717) is 25.9 Å². The van der Waals surface area contributed by atoms with E-state index in [1.807, 2.05) is 60.1 Å². The van der Waals surface area contributed by atoms with Crippen LogP contribution in [0.2, 0.25) is 0 Å². The predicted octanol–water partition coefficient (Wildman–Crippen LogP) is 8.55. The van der Waals surface area contributed by atoms with Crippen LogP contribution < -0.4 is 10.7 Å². The second-order valence-corrected chi connectivity index (χ2v) is 20.6. The van der Waals surface area contributed by atoms with Crippen LogP contribution in [0.5, 0.6) is 0 Å². The lowest BCUT2D eigenvalue weighted by Crippen LogP contribution is -2.58. The van der Waals surface area contributed by atoms with Gasteiger partial charge in [-0.1, -0.05) is 77.1 Å². The number of amides is 2. The number of nitrogens with one attached hydrogen (secondary N) is 2. The number of pyridine rings is 1. The molecule has 13 heteroatoms. The maximum absolute atomic E-state index is 14.0. The Kier molecular flexibility index (Phi) is 19.4. The van der Waals surface area contributed by atoms with Crippen LogP contribution in [0.15, 0.2) is 85.8 Å². The first-order chi connectivity index (χ1) is 33.2. The first kappa shape index (κ1) is 55.0. The molecule has 0 saturated carbocycles. The molecule has 0 bridgehead atoms. The van der Waals surface area contributed by atoms with Crippen LogP contribution in [0, 0.1) is 23.2 Å². The number of hydrazine groups is 1. The van der Waals surface area contributed by atoms with Crippen LogP contribution >= 0.6 is 0 Å². The second kappa shape index (κ2) is 24.8. The molecule has 0 aliphatic carbocycles. The molecule has 3 atom stereocenters. The van der Waals surface area contributed by atoms with Gasteiger partial charge in [0.2, 0.25) is 5.91 Å². The largest absolute Gasteiger partial charge is 0.467 e. The smallest absolute Gasteiger partial charge is 0.293 e. The Labute approximate surface area is 418 Å². The topological polar surface area (TPSA) is 125 Å². The van der Waals surface area contributed by atoms with Crippen molar-refractivity contribution in [2.45, 2.75) is 111 Å². The number of aromatic nitrogens is 2. The van der Waals surface area contributed by atoms with Crippen LogP contribution in [-0.2, 0) is 43.7 Å². The molecule has 6 rings (SSSR count). The number of hydrogen-bond donors (Lipinski definition) is 2. The van der Waals surface area contributed by atoms with E-state index in [4.69, 9.17) is 14.5 Å². The number of nitrogens with zero attached hydrogens (tertiary/aromatic N) is 6. The highest BCUT2D eigenvalue weighted by Gasteiger charge is 2.33. The van der Waals surface area contributed by atoms with Crippen molar-refractivity contribution >= 4 is 29.2 Å². The molecule has 2 fully saturated rings. The summed E-state index contributed by atoms with van der Waals surface area (Å²) in [5.41, 5.74) is 11.8. The van der Waals surface area contributed by atoms with Crippen molar-refractivity contribution in [3.63, 3.8) is 0 Å². The minimum absolute atomic E-state index is 0.00439. The van der Waals surface area contributed by atoms with Crippen LogP contribution in [-0.4, -0.2) is 126 Å². The maximum Gasteiger partial charge on any atom is 0.293 e. The average Bonchev–Trinajstić information content (AvgIpc) is 3.98. The summed E-state index contributed by atoms with van der Waals surface area (Å²) < 4.78 is 13.2. The third-order valence-electron chi connectivity index (χ3n) is 13.8. The number of hydrogen-bond acceptors (Lipinski definition) is 10. The Bertz CT molecular complexity index is 2500. The molecule has 0 radical (unpaired) electrons. The molecule has 2 aliphatic rings. The molecule has 2 saturated heterocycles. The zero-order valence-electron chi connectivity index (χ0n) is 44.2. The van der Waals surface area contributed by atoms with E-state index in [1.54, 1.807) is 29.4 Å². The molecule has 2 aromatic heterocycles. The summed E-state index contributed by atoms with van der Waals surface area (Å²) in [6.45, 7) is 26.6. The van der Waals surface area contributed by atoms with Crippen molar-refractivity contribution in [2.24, 2.45) is 18.4 Å². The standard InChI is InChI=1S/C44H58N6O5.C13H22N2/c1-10-48(7)40(29(2)3)42(52)47-37(43(53)50-22-12-11-21-46-50)24-31-15-13-16-32(23-31)33-18-19-38-35(25-33)36(26-44(5,6)27-55-28-51)41(49(38)8)34-17-14-20-45-39(34)30(4)54-9;1-12(15-10-6-7-11-15)8-9-13(2,3)14(4)5/h10,13-20,23,25,28-30,37,40,46H,1,11-12,21-22,24,26-27H2,2-9H3,(H,47,52);1,6-7,10-11H2,2-5H3. The van der Waals surface area contributed by atoms with Crippen LogP contribution in [0.25, 0.3) is 33.3 Å². The molecule has 13 nitrogen and oxygen atoms in total. The Morgan fingerprint density at radius 1 is 0.971 bits per heavy atom. The van der Waals surface area contributed by atoms with Crippen LogP contribution in [0.3, 0.4) is 0 Å². The number of fused-ring (bicyclic) bond motifs is 1. The summed E-state index contributed by atoms with van der Waals surface area (Å²) in [5, 5.41) is 5.86. The van der Waals surface area contributed by atoms with Gasteiger partial charge in [-0.05, 0) is 132 Å². The lowest BCUT2D eigenvalue weighted by Gasteiger charge is -2.34. The summed E-state index contributed by atoms with van der Waals surface area (Å²) in [7, 11) is 9.69. The fraction of sp³-hybridized carbons (Fsp3) is 0.509. The molecule has 70 heavy (non-hydrogen) atoms. The number of likely N-dealkylation sites (tertiary alicyclic amines) is 1. The van der Waals surface area contributed by atoms with Gasteiger partial charge in [0.05, 0.1) is 35.3 Å². The molecule has 2 aromatic carbocycles. The fourth-order valence-electron chi connectivity index (χ4n) is 9.17. The first-order valence-electron chi connectivity index (χ1n) is 24.8. The second-order valence-electron chi connectivity index (χ2n) is 20.6. The van der Waals surface area contributed by atoms with Crippen LogP contribution in [0.1, 0.15) is 97.1 Å². The summed E-state index contributed by atoms with van der Waals surface area (Å²) >= 11 is 0. The lowest BCUT2D eigenvalue weighted by molar-refractivity contribution is -0.141. The number of rotatable bonds is 19. The Morgan fingerprint density at radius 3 is 2.30 bits per heavy atom. The number of carbonyl (C=O) groups is 3. The van der Waals surface area contributed by atoms with Gasteiger partial charge in [-0.25, -0.2) is 5.43 Å². The van der Waals surface area contributed by atoms with Crippen molar-refractivity contribution in [1.82, 2.24) is 40.0 Å². The van der Waals surface area contributed by atoms with E-state index in [9.17, 15) is 14.4 Å². The molecular formula is C57H80N8O5. The van der Waals surface area contributed by atoms with E-state index >= 15 is 0 Å². The normalized spacial score (nSPS) is 15.3. The molecule has 2 aliphatic heterocycles. The molecule has 3 unspecified atom stereocenters. The number of aryl methyl sites for hydroxylation is 1. The third kappa shape index (κ3) is 13.9. The van der Waals surface area contributed by atoms with Gasteiger partial charge in [0, 0.05) is 81.9 Å². The Hall–Kier alpha value is -5.94. The fourth-order valence-corrected chi connectivity index (χ4v) is 9.17. The van der Waals surface area contributed by atoms with Crippen molar-refractivity contribution in [3.8, 4) is 34.2 Å². The van der Waals surface area contributed by atoms with Gasteiger partial charge in [-0.15, -0.1) is 0 Å². The van der Waals surface area contributed by atoms with E-state index in [2.05, 4.69) is 121 Å². The number of ether oxygens (including phenoxy) is 2. The van der Waals surface area contributed by atoms with Gasteiger partial charge in [0.15, 0.2) is 0 Å². The monoisotopic (exact) mass is 957 g/mol. The molecule has 2 amide bonds. The molecule has 4 aromatic rings. The zero-order valence-corrected chi connectivity index (χ0v) is 44.2. The molecule has 378 valence electrons. The summed E-state index contributed by atoms with van der Waals surface area (Å²) in [6.07, 6.45) is 8.63. The van der Waals surface area contributed by atoms with Gasteiger partial charge >= 0.3 is 0 Å². The highest BCUT2D eigenvalue weighted by molar-refractivity contribution is 5.95. The molecule has 0 spiro atoms. The average molecular weight is 957 g/mol. The van der Waals surface area contributed by atoms with Crippen molar-refractivity contribution in [2.75, 3.05) is 61.0 Å². The Balaban J connectivity index is 0.000000519. The van der Waals surface area contributed by atoms with E-state index in [-0.39, 0.29) is 41.4 Å². The highest BCUT2D eigenvalue weighted by atomic mass is 16.5. The Morgan fingerprint density at radius 2 is 1.67 bits per heavy atom. The van der Waals surface area contributed by atoms with Gasteiger partial charge in [0.1, 0.15) is 12.1 Å². The van der Waals surface area contributed by atoms with E-state index in [1.165, 1.54) is 12.8 Å². The molecular weight excluding hydrogens is 877 g/mol. The van der Waals surface area contributed by atoms with Gasteiger partial charge < -0.3 is 29.2 Å². The number of likely N-dealkylation sites (N-methyl/N-ethyl adjacent to an activating group) is 1. The summed E-state index contributed by atoms with van der Waals surface area (Å²) in [5.74, 6) is 6.10. The lowest BCUT2D eigenvalue weighted by atomic mass is 9.84. The number of methoxy groups -OCH3 is 1. The van der Waals surface area contributed by atoms with Gasteiger partial charge in [0.25, 0.3) is 12.4 Å². The SMILES string of the molecule is C=C(C#CC(C)(C)N(C)C)N1CCCC1.C=CN(C)C(C(=O)NC(Cc1cccc(-c2ccc3c(c2)c(CC(C)(C)COC=O)c(-c2cccnc2C(C)OC)n3C)c1)C(=O)N1CCCCN1)C(C)C. The highest BCUT2D eigenvalue weighted by Crippen LogP contribution is 2.41. The first-order valence-corrected chi connectivity index (χ1v) is 24.8. The quantitative estimate of drug-likeness (QED) is 0.0699. The minimum Gasteiger partial charge on any atom is -0.467 e. The number of benzene rings is 2.